The molecule has 0 saturated heterocycles. The summed E-state index contributed by atoms with van der Waals surface area (Å²) in [6.07, 6.45) is 0. The Labute approximate surface area is 119 Å². The third-order valence-electron chi connectivity index (χ3n) is 2.23. The van der Waals surface area contributed by atoms with Crippen LogP contribution in [0, 0.1) is 0 Å². The maximum absolute atomic E-state index is 11.4. The van der Waals surface area contributed by atoms with E-state index in [0.29, 0.717) is 5.89 Å². The Balaban J connectivity index is 1.91. The number of nitrogens with one attached hydrogen (secondary N) is 2. The highest BCUT2D eigenvalue weighted by Gasteiger charge is 2.12. The van der Waals surface area contributed by atoms with E-state index < -0.39 is 11.9 Å². The molecule has 0 saturated carbocycles. The lowest BCUT2D eigenvalue weighted by Crippen LogP contribution is -2.38. The molecule has 2 aromatic rings. The summed E-state index contributed by atoms with van der Waals surface area (Å²) in [7, 11) is 1.43. The van der Waals surface area contributed by atoms with Gasteiger partial charge in [0.15, 0.2) is 0 Å². The van der Waals surface area contributed by atoms with Crippen LogP contribution in [-0.2, 0) is 4.79 Å². The molecule has 1 aromatic heterocycles. The Morgan fingerprint density at radius 2 is 2.00 bits per heavy atom. The number of carbonyl (C=O) groups excluding carboxylic acids is 2. The topological polar surface area (TPSA) is 97.1 Å². The minimum Gasteiger partial charge on any atom is -0.411 e. The molecule has 1 heterocycles. The lowest BCUT2D eigenvalue weighted by atomic mass is 10.2. The van der Waals surface area contributed by atoms with Crippen molar-refractivity contribution in [1.82, 2.24) is 20.8 Å². The van der Waals surface area contributed by atoms with Gasteiger partial charge in [-0.25, -0.2) is 4.79 Å². The summed E-state index contributed by atoms with van der Waals surface area (Å²) < 4.78 is 5.41. The first-order valence-corrected chi connectivity index (χ1v) is 6.71. The first-order valence-electron chi connectivity index (χ1n) is 5.72. The Hall–Kier alpha value is -2.35. The van der Waals surface area contributed by atoms with Gasteiger partial charge in [-0.2, -0.15) is 0 Å². The van der Waals surface area contributed by atoms with Crippen LogP contribution in [0.3, 0.4) is 0 Å². The summed E-state index contributed by atoms with van der Waals surface area (Å²) in [5.74, 6) is -0.0299. The fourth-order valence-corrected chi connectivity index (χ4v) is 1.88. The second-order valence-corrected chi connectivity index (χ2v) is 4.58. The van der Waals surface area contributed by atoms with Crippen LogP contribution in [0.5, 0.6) is 0 Å². The van der Waals surface area contributed by atoms with Gasteiger partial charge in [0.2, 0.25) is 11.8 Å². The smallest absolute Gasteiger partial charge is 0.321 e. The maximum atomic E-state index is 11.4. The summed E-state index contributed by atoms with van der Waals surface area (Å²) in [5, 5.41) is 12.4. The van der Waals surface area contributed by atoms with E-state index in [0.717, 1.165) is 17.3 Å². The Bertz CT molecular complexity index is 600. The van der Waals surface area contributed by atoms with Crippen LogP contribution < -0.4 is 10.6 Å². The number of carbonyl (C=O) groups is 2. The predicted molar refractivity (Wildman–Crippen MR) is 73.1 cm³/mol. The molecule has 2 rings (SSSR count). The van der Waals surface area contributed by atoms with Crippen molar-refractivity contribution in [3.63, 3.8) is 0 Å². The van der Waals surface area contributed by atoms with Gasteiger partial charge < -0.3 is 9.73 Å². The standard InChI is InChI=1S/C12H12N4O3S/c1-13-11(18)14-9(17)7-20-12-16-15-10(19-12)8-5-3-2-4-6-8/h2-6H,7H2,1H3,(H2,13,14,17,18). The molecule has 0 aliphatic carbocycles. The van der Waals surface area contributed by atoms with Crippen molar-refractivity contribution in [3.8, 4) is 11.5 Å². The molecule has 2 N–H and O–H groups in total. The van der Waals surface area contributed by atoms with E-state index in [9.17, 15) is 9.59 Å². The van der Waals surface area contributed by atoms with Gasteiger partial charge in [-0.1, -0.05) is 30.0 Å². The number of hydrogen-bond acceptors (Lipinski definition) is 6. The van der Waals surface area contributed by atoms with E-state index in [-0.39, 0.29) is 11.0 Å². The van der Waals surface area contributed by atoms with Crippen LogP contribution in [0.15, 0.2) is 40.0 Å². The molecule has 0 aliphatic rings. The molecule has 8 heteroatoms. The minimum absolute atomic E-state index is 0.0177. The molecule has 0 bridgehead atoms. The zero-order valence-electron chi connectivity index (χ0n) is 10.6. The highest BCUT2D eigenvalue weighted by atomic mass is 32.2. The van der Waals surface area contributed by atoms with Gasteiger partial charge in [-0.05, 0) is 12.1 Å². The van der Waals surface area contributed by atoms with Crippen LogP contribution in [0.4, 0.5) is 4.79 Å². The molecule has 0 radical (unpaired) electrons. The van der Waals surface area contributed by atoms with Crippen LogP contribution in [-0.4, -0.2) is 34.9 Å². The van der Waals surface area contributed by atoms with Crippen molar-refractivity contribution >= 4 is 23.7 Å². The molecule has 0 aliphatic heterocycles. The van der Waals surface area contributed by atoms with Crippen LogP contribution in [0.1, 0.15) is 0 Å². The largest absolute Gasteiger partial charge is 0.411 e. The van der Waals surface area contributed by atoms with Gasteiger partial charge in [0, 0.05) is 12.6 Å². The zero-order chi connectivity index (χ0) is 14.4. The van der Waals surface area contributed by atoms with Gasteiger partial charge in [0.1, 0.15) is 0 Å². The Kier molecular flexibility index (Phi) is 4.72. The van der Waals surface area contributed by atoms with Crippen molar-refractivity contribution in [3.05, 3.63) is 30.3 Å². The first kappa shape index (κ1) is 14.1. The van der Waals surface area contributed by atoms with E-state index >= 15 is 0 Å². The van der Waals surface area contributed by atoms with E-state index in [1.807, 2.05) is 30.3 Å². The van der Waals surface area contributed by atoms with E-state index in [4.69, 9.17) is 4.42 Å². The number of aromatic nitrogens is 2. The lowest BCUT2D eigenvalue weighted by Gasteiger charge is -2.00. The Morgan fingerprint density at radius 3 is 2.70 bits per heavy atom. The van der Waals surface area contributed by atoms with E-state index in [2.05, 4.69) is 20.8 Å². The summed E-state index contributed by atoms with van der Waals surface area (Å²) in [4.78, 5) is 22.3. The fourth-order valence-electron chi connectivity index (χ4n) is 1.32. The highest BCUT2D eigenvalue weighted by Crippen LogP contribution is 2.22. The third-order valence-corrected chi connectivity index (χ3v) is 3.05. The number of amides is 3. The molecule has 0 atom stereocenters. The molecule has 20 heavy (non-hydrogen) atoms. The second-order valence-electron chi connectivity index (χ2n) is 3.66. The van der Waals surface area contributed by atoms with Gasteiger partial charge >= 0.3 is 6.03 Å². The maximum Gasteiger partial charge on any atom is 0.321 e. The molecule has 1 aromatic carbocycles. The average molecular weight is 292 g/mol. The summed E-state index contributed by atoms with van der Waals surface area (Å²) in [6.45, 7) is 0. The van der Waals surface area contributed by atoms with Gasteiger partial charge in [-0.15, -0.1) is 10.2 Å². The predicted octanol–water partition coefficient (Wildman–Crippen LogP) is 1.28. The van der Waals surface area contributed by atoms with Gasteiger partial charge in [0.25, 0.3) is 5.22 Å². The number of hydrogen-bond donors (Lipinski definition) is 2. The van der Waals surface area contributed by atoms with Crippen LogP contribution in [0.25, 0.3) is 11.5 Å². The number of nitrogens with zero attached hydrogens (tertiary/aromatic N) is 2. The molecule has 104 valence electrons. The molecule has 0 spiro atoms. The fraction of sp³-hybridized carbons (Fsp3) is 0.167. The van der Waals surface area contributed by atoms with Crippen LogP contribution in [0.2, 0.25) is 0 Å². The number of rotatable bonds is 4. The minimum atomic E-state index is -0.550. The molecular formula is C12H12N4O3S. The second kappa shape index (κ2) is 6.71. The summed E-state index contributed by atoms with van der Waals surface area (Å²) >= 11 is 1.06. The number of urea groups is 1. The van der Waals surface area contributed by atoms with Crippen molar-refractivity contribution in [2.75, 3.05) is 12.8 Å². The first-order chi connectivity index (χ1) is 9.69. The van der Waals surface area contributed by atoms with Gasteiger partial charge in [0.05, 0.1) is 5.75 Å². The number of imide groups is 1. The van der Waals surface area contributed by atoms with E-state index in [1.54, 1.807) is 0 Å². The molecule has 0 unspecified atom stereocenters. The lowest BCUT2D eigenvalue weighted by molar-refractivity contribution is -0.117. The van der Waals surface area contributed by atoms with E-state index in [1.165, 1.54) is 7.05 Å². The van der Waals surface area contributed by atoms with Crippen molar-refractivity contribution in [2.24, 2.45) is 0 Å². The SMILES string of the molecule is CNC(=O)NC(=O)CSc1nnc(-c2ccccc2)o1. The Morgan fingerprint density at radius 1 is 1.25 bits per heavy atom. The summed E-state index contributed by atoms with van der Waals surface area (Å²) in [5.41, 5.74) is 0.807. The summed E-state index contributed by atoms with van der Waals surface area (Å²) in [6, 6.07) is 8.76. The van der Waals surface area contributed by atoms with Gasteiger partial charge in [-0.3, -0.25) is 10.1 Å². The third kappa shape index (κ3) is 3.82. The van der Waals surface area contributed by atoms with Crippen molar-refractivity contribution < 1.29 is 14.0 Å². The van der Waals surface area contributed by atoms with Crippen molar-refractivity contribution in [1.29, 1.82) is 0 Å². The highest BCUT2D eigenvalue weighted by molar-refractivity contribution is 7.99. The zero-order valence-corrected chi connectivity index (χ0v) is 11.4. The van der Waals surface area contributed by atoms with Crippen molar-refractivity contribution in [2.45, 2.75) is 5.22 Å². The monoisotopic (exact) mass is 292 g/mol. The molecule has 7 nitrogen and oxygen atoms in total. The molecule has 0 fully saturated rings. The quantitative estimate of drug-likeness (QED) is 0.824. The normalized spacial score (nSPS) is 10.1. The number of thioether (sulfide) groups is 1. The molecular weight excluding hydrogens is 280 g/mol. The molecule has 3 amide bonds. The number of benzene rings is 1. The van der Waals surface area contributed by atoms with Crippen LogP contribution >= 0.6 is 11.8 Å². The average Bonchev–Trinajstić information content (AvgIpc) is 2.95.